The van der Waals surface area contributed by atoms with Gasteiger partial charge in [0, 0.05) is 0 Å². The quantitative estimate of drug-likeness (QED) is 0.668. The third-order valence-electron chi connectivity index (χ3n) is 4.57. The number of amides is 1. The van der Waals surface area contributed by atoms with Crippen molar-refractivity contribution in [3.05, 3.63) is 71.8 Å². The summed E-state index contributed by atoms with van der Waals surface area (Å²) in [6.45, 7) is 2.57. The Kier molecular flexibility index (Phi) is 8.85. The van der Waals surface area contributed by atoms with Crippen molar-refractivity contribution in [2.75, 3.05) is 19.6 Å². The van der Waals surface area contributed by atoms with Crippen LogP contribution >= 0.6 is 0 Å². The summed E-state index contributed by atoms with van der Waals surface area (Å²) in [6.07, 6.45) is 3.69. The highest BCUT2D eigenvalue weighted by Gasteiger charge is 2.19. The molecule has 7 nitrogen and oxygen atoms in total. The van der Waals surface area contributed by atoms with E-state index in [1.54, 1.807) is 0 Å². The minimum Gasteiger partial charge on any atom is -0.473 e. The zero-order valence-corrected chi connectivity index (χ0v) is 16.2. The van der Waals surface area contributed by atoms with Gasteiger partial charge in [0.2, 0.25) is 5.91 Å². The molecule has 0 aliphatic carbocycles. The predicted molar refractivity (Wildman–Crippen MR) is 108 cm³/mol. The Morgan fingerprint density at radius 1 is 0.793 bits per heavy atom. The fraction of sp³-hybridized carbons (Fsp3) is 0.318. The number of hydrogen-bond donors (Lipinski definition) is 3. The molecule has 1 fully saturated rings. The van der Waals surface area contributed by atoms with E-state index in [0.717, 1.165) is 24.2 Å². The fourth-order valence-corrected chi connectivity index (χ4v) is 3.18. The van der Waals surface area contributed by atoms with E-state index in [2.05, 4.69) is 34.5 Å². The first-order valence-corrected chi connectivity index (χ1v) is 9.55. The molecule has 3 N–H and O–H groups in total. The van der Waals surface area contributed by atoms with E-state index in [-0.39, 0.29) is 11.9 Å². The second-order valence-corrected chi connectivity index (χ2v) is 6.77. The maximum Gasteiger partial charge on any atom is 0.414 e. The second-order valence-electron chi connectivity index (χ2n) is 6.77. The van der Waals surface area contributed by atoms with Crippen molar-refractivity contribution in [1.29, 1.82) is 0 Å². The second kappa shape index (κ2) is 11.6. The molecule has 0 atom stereocenters. The van der Waals surface area contributed by atoms with Gasteiger partial charge in [0.25, 0.3) is 0 Å². The standard InChI is InChI=1S/C20H24N2O.C2H2O4/c23-19(16-22-14-8-3-9-15-22)21-20(17-10-4-1-5-11-17)18-12-6-2-7-13-18;3-1(4)2(5)6/h1-2,4-7,10-13,20H,3,8-9,14-16H2,(H,21,23);(H,3,4)(H,5,6). The van der Waals surface area contributed by atoms with Crippen molar-refractivity contribution < 1.29 is 24.6 Å². The van der Waals surface area contributed by atoms with E-state index in [9.17, 15) is 4.79 Å². The van der Waals surface area contributed by atoms with Crippen LogP contribution in [0.3, 0.4) is 0 Å². The lowest BCUT2D eigenvalue weighted by Crippen LogP contribution is -2.41. The number of benzene rings is 2. The number of carbonyl (C=O) groups is 3. The van der Waals surface area contributed by atoms with Crippen molar-refractivity contribution in [3.8, 4) is 0 Å². The molecule has 0 spiro atoms. The van der Waals surface area contributed by atoms with Crippen LogP contribution < -0.4 is 5.32 Å². The minimum atomic E-state index is -1.82. The van der Waals surface area contributed by atoms with E-state index in [1.165, 1.54) is 19.3 Å². The maximum atomic E-state index is 12.5. The predicted octanol–water partition coefficient (Wildman–Crippen LogP) is 2.53. The van der Waals surface area contributed by atoms with Gasteiger partial charge in [-0.3, -0.25) is 9.69 Å². The van der Waals surface area contributed by atoms with Crippen LogP contribution in [0.4, 0.5) is 0 Å². The van der Waals surface area contributed by atoms with E-state index in [1.807, 2.05) is 36.4 Å². The molecule has 0 saturated carbocycles. The van der Waals surface area contributed by atoms with E-state index < -0.39 is 11.9 Å². The molecule has 154 valence electrons. The van der Waals surface area contributed by atoms with Gasteiger partial charge in [0.1, 0.15) is 0 Å². The highest BCUT2D eigenvalue weighted by atomic mass is 16.4. The molecule has 0 aromatic heterocycles. The van der Waals surface area contributed by atoms with Gasteiger partial charge in [0.05, 0.1) is 12.6 Å². The third-order valence-corrected chi connectivity index (χ3v) is 4.57. The number of nitrogens with zero attached hydrogens (tertiary/aromatic N) is 1. The van der Waals surface area contributed by atoms with E-state index >= 15 is 0 Å². The molecule has 1 amide bonds. The molecule has 3 rings (SSSR count). The summed E-state index contributed by atoms with van der Waals surface area (Å²) in [5, 5.41) is 18.0. The number of likely N-dealkylation sites (tertiary alicyclic amines) is 1. The van der Waals surface area contributed by atoms with Gasteiger partial charge in [-0.15, -0.1) is 0 Å². The summed E-state index contributed by atoms with van der Waals surface area (Å²) in [4.78, 5) is 33.0. The van der Waals surface area contributed by atoms with Crippen LogP contribution in [-0.4, -0.2) is 52.6 Å². The highest BCUT2D eigenvalue weighted by Crippen LogP contribution is 2.21. The molecule has 0 unspecified atom stereocenters. The fourth-order valence-electron chi connectivity index (χ4n) is 3.18. The lowest BCUT2D eigenvalue weighted by atomic mass is 9.98. The molecule has 1 aliphatic rings. The average molecular weight is 398 g/mol. The van der Waals surface area contributed by atoms with Gasteiger partial charge in [0.15, 0.2) is 0 Å². The Labute approximate surface area is 170 Å². The van der Waals surface area contributed by atoms with Crippen molar-refractivity contribution in [3.63, 3.8) is 0 Å². The molecule has 1 heterocycles. The SMILES string of the molecule is O=C(CN1CCCCC1)NC(c1ccccc1)c1ccccc1.O=C(O)C(=O)O. The number of carboxylic acids is 2. The summed E-state index contributed by atoms with van der Waals surface area (Å²) in [7, 11) is 0. The number of carbonyl (C=O) groups excluding carboxylic acids is 1. The zero-order valence-electron chi connectivity index (χ0n) is 16.2. The molecule has 2 aromatic rings. The first-order chi connectivity index (χ1) is 14.0. The largest absolute Gasteiger partial charge is 0.473 e. The summed E-state index contributed by atoms with van der Waals surface area (Å²) in [6, 6.07) is 20.3. The number of rotatable bonds is 5. The van der Waals surface area contributed by atoms with Crippen molar-refractivity contribution in [1.82, 2.24) is 10.2 Å². The Hall–Kier alpha value is -3.19. The first-order valence-electron chi connectivity index (χ1n) is 9.55. The molecule has 29 heavy (non-hydrogen) atoms. The molecule has 2 aromatic carbocycles. The monoisotopic (exact) mass is 398 g/mol. The zero-order chi connectivity index (χ0) is 21.1. The van der Waals surface area contributed by atoms with Crippen LogP contribution in [0.5, 0.6) is 0 Å². The van der Waals surface area contributed by atoms with Crippen molar-refractivity contribution >= 4 is 17.8 Å². The van der Waals surface area contributed by atoms with Crippen LogP contribution in [0, 0.1) is 0 Å². The highest BCUT2D eigenvalue weighted by molar-refractivity contribution is 6.27. The molecular weight excluding hydrogens is 372 g/mol. The summed E-state index contributed by atoms with van der Waals surface area (Å²) in [5.41, 5.74) is 2.23. The molecular formula is C22H26N2O5. The number of nitrogens with one attached hydrogen (secondary N) is 1. The van der Waals surface area contributed by atoms with Gasteiger partial charge in [-0.05, 0) is 37.1 Å². The van der Waals surface area contributed by atoms with Gasteiger partial charge < -0.3 is 15.5 Å². The topological polar surface area (TPSA) is 107 Å². The smallest absolute Gasteiger partial charge is 0.414 e. The first kappa shape index (κ1) is 22.1. The van der Waals surface area contributed by atoms with Crippen LogP contribution in [0.15, 0.2) is 60.7 Å². The minimum absolute atomic E-state index is 0.0882. The van der Waals surface area contributed by atoms with Crippen LogP contribution in [-0.2, 0) is 14.4 Å². The molecule has 0 bridgehead atoms. The van der Waals surface area contributed by atoms with Gasteiger partial charge in [-0.25, -0.2) is 9.59 Å². The molecule has 0 radical (unpaired) electrons. The molecule has 7 heteroatoms. The van der Waals surface area contributed by atoms with E-state index in [0.29, 0.717) is 6.54 Å². The van der Waals surface area contributed by atoms with Gasteiger partial charge in [-0.2, -0.15) is 0 Å². The Bertz CT molecular complexity index is 738. The average Bonchev–Trinajstić information content (AvgIpc) is 2.74. The van der Waals surface area contributed by atoms with Gasteiger partial charge in [-0.1, -0.05) is 67.1 Å². The lowest BCUT2D eigenvalue weighted by molar-refractivity contribution is -0.159. The Morgan fingerprint density at radius 3 is 1.66 bits per heavy atom. The molecule has 1 aliphatic heterocycles. The number of piperidine rings is 1. The third kappa shape index (κ3) is 7.75. The Morgan fingerprint density at radius 2 is 1.24 bits per heavy atom. The van der Waals surface area contributed by atoms with Crippen molar-refractivity contribution in [2.24, 2.45) is 0 Å². The van der Waals surface area contributed by atoms with Crippen LogP contribution in [0.25, 0.3) is 0 Å². The normalized spacial score (nSPS) is 13.8. The van der Waals surface area contributed by atoms with E-state index in [4.69, 9.17) is 19.8 Å². The van der Waals surface area contributed by atoms with Crippen LogP contribution in [0.2, 0.25) is 0 Å². The number of hydrogen-bond acceptors (Lipinski definition) is 4. The number of aliphatic carboxylic acids is 2. The summed E-state index contributed by atoms with van der Waals surface area (Å²) >= 11 is 0. The molecule has 1 saturated heterocycles. The summed E-state index contributed by atoms with van der Waals surface area (Å²) in [5.74, 6) is -3.55. The maximum absolute atomic E-state index is 12.5. The number of carboxylic acid groups (broad SMARTS) is 2. The van der Waals surface area contributed by atoms with Gasteiger partial charge >= 0.3 is 11.9 Å². The lowest BCUT2D eigenvalue weighted by Gasteiger charge is -2.27. The van der Waals surface area contributed by atoms with Crippen molar-refractivity contribution in [2.45, 2.75) is 25.3 Å². The van der Waals surface area contributed by atoms with Crippen LogP contribution in [0.1, 0.15) is 36.4 Å². The summed E-state index contributed by atoms with van der Waals surface area (Å²) < 4.78 is 0. The Balaban J connectivity index is 0.000000438.